The molecule has 24 heavy (non-hydrogen) atoms. The third-order valence-corrected chi connectivity index (χ3v) is 3.96. The van der Waals surface area contributed by atoms with E-state index in [1.54, 1.807) is 14.2 Å². The van der Waals surface area contributed by atoms with Crippen molar-refractivity contribution >= 4 is 0 Å². The van der Waals surface area contributed by atoms with E-state index in [2.05, 4.69) is 17.0 Å². The van der Waals surface area contributed by atoms with Gasteiger partial charge in [-0.25, -0.2) is 0 Å². The van der Waals surface area contributed by atoms with Gasteiger partial charge in [-0.05, 0) is 29.7 Å². The fourth-order valence-corrected chi connectivity index (χ4v) is 2.69. The molecule has 0 saturated heterocycles. The van der Waals surface area contributed by atoms with Crippen molar-refractivity contribution in [1.29, 1.82) is 0 Å². The molecule has 0 aliphatic carbocycles. The summed E-state index contributed by atoms with van der Waals surface area (Å²) >= 11 is 0. The van der Waals surface area contributed by atoms with Crippen LogP contribution in [0.2, 0.25) is 0 Å². The van der Waals surface area contributed by atoms with Crippen LogP contribution < -0.4 is 4.74 Å². The fourth-order valence-electron chi connectivity index (χ4n) is 2.69. The lowest BCUT2D eigenvalue weighted by Gasteiger charge is -2.25. The number of aliphatic hydroxyl groups excluding tert-OH is 1. The van der Waals surface area contributed by atoms with E-state index in [0.717, 1.165) is 24.4 Å². The van der Waals surface area contributed by atoms with Crippen LogP contribution in [0.15, 0.2) is 54.6 Å². The second kappa shape index (κ2) is 10.1. The molecule has 1 atom stereocenters. The van der Waals surface area contributed by atoms with E-state index in [-0.39, 0.29) is 0 Å². The summed E-state index contributed by atoms with van der Waals surface area (Å²) in [6.45, 7) is 2.83. The molecule has 0 spiro atoms. The smallest absolute Gasteiger partial charge is 0.118 e. The summed E-state index contributed by atoms with van der Waals surface area (Å²) in [5, 5.41) is 10.4. The zero-order valence-corrected chi connectivity index (χ0v) is 14.5. The van der Waals surface area contributed by atoms with Crippen LogP contribution in [-0.4, -0.2) is 50.0 Å². The predicted octanol–water partition coefficient (Wildman–Crippen LogP) is 2.75. The van der Waals surface area contributed by atoms with Gasteiger partial charge in [0.05, 0.1) is 19.8 Å². The Balaban J connectivity index is 1.93. The van der Waals surface area contributed by atoms with Crippen molar-refractivity contribution in [2.24, 2.45) is 0 Å². The fraction of sp³-hybridized carbons (Fsp3) is 0.400. The monoisotopic (exact) mass is 329 g/mol. The Morgan fingerprint density at radius 2 is 1.67 bits per heavy atom. The van der Waals surface area contributed by atoms with Gasteiger partial charge in [-0.3, -0.25) is 4.90 Å². The van der Waals surface area contributed by atoms with E-state index in [9.17, 15) is 5.11 Å². The number of nitrogens with zero attached hydrogens (tertiary/aromatic N) is 1. The van der Waals surface area contributed by atoms with Crippen LogP contribution in [0.1, 0.15) is 11.1 Å². The summed E-state index contributed by atoms with van der Waals surface area (Å²) in [4.78, 5) is 2.22. The molecule has 0 heterocycles. The predicted molar refractivity (Wildman–Crippen MR) is 96.3 cm³/mol. The zero-order valence-electron chi connectivity index (χ0n) is 14.5. The highest BCUT2D eigenvalue weighted by atomic mass is 16.5. The number of ether oxygens (including phenoxy) is 2. The Hall–Kier alpha value is -1.88. The highest BCUT2D eigenvalue weighted by molar-refractivity contribution is 5.27. The Kier molecular flexibility index (Phi) is 7.75. The van der Waals surface area contributed by atoms with Gasteiger partial charge in [0.1, 0.15) is 5.75 Å². The van der Waals surface area contributed by atoms with Gasteiger partial charge < -0.3 is 14.6 Å². The van der Waals surface area contributed by atoms with Gasteiger partial charge in [-0.15, -0.1) is 0 Å². The number of hydrogen-bond donors (Lipinski definition) is 1. The molecule has 0 radical (unpaired) electrons. The molecular formula is C20H27NO3. The SMILES string of the molecule is COCCN(Cc1ccc(OC)cc1)CC(O)Cc1ccccc1. The quantitative estimate of drug-likeness (QED) is 0.728. The van der Waals surface area contributed by atoms with Gasteiger partial charge in [-0.2, -0.15) is 0 Å². The van der Waals surface area contributed by atoms with E-state index in [0.29, 0.717) is 19.6 Å². The van der Waals surface area contributed by atoms with Crippen LogP contribution in [-0.2, 0) is 17.7 Å². The molecular weight excluding hydrogens is 302 g/mol. The number of aliphatic hydroxyl groups is 1. The lowest BCUT2D eigenvalue weighted by molar-refractivity contribution is 0.0851. The average molecular weight is 329 g/mol. The zero-order chi connectivity index (χ0) is 17.2. The first-order valence-corrected chi connectivity index (χ1v) is 8.27. The summed E-state index contributed by atoms with van der Waals surface area (Å²) in [7, 11) is 3.37. The minimum atomic E-state index is -0.400. The highest BCUT2D eigenvalue weighted by Gasteiger charge is 2.13. The molecule has 0 bridgehead atoms. The van der Waals surface area contributed by atoms with Crippen LogP contribution in [0, 0.1) is 0 Å². The molecule has 2 aromatic rings. The third kappa shape index (κ3) is 6.32. The second-order valence-corrected chi connectivity index (χ2v) is 5.92. The lowest BCUT2D eigenvalue weighted by Crippen LogP contribution is -2.35. The molecule has 0 aliphatic rings. The normalized spacial score (nSPS) is 12.3. The Morgan fingerprint density at radius 3 is 2.29 bits per heavy atom. The van der Waals surface area contributed by atoms with Crippen molar-refractivity contribution in [3.05, 3.63) is 65.7 Å². The van der Waals surface area contributed by atoms with E-state index >= 15 is 0 Å². The second-order valence-electron chi connectivity index (χ2n) is 5.92. The van der Waals surface area contributed by atoms with Gasteiger partial charge in [0, 0.05) is 26.7 Å². The first-order valence-electron chi connectivity index (χ1n) is 8.27. The third-order valence-electron chi connectivity index (χ3n) is 3.96. The molecule has 2 rings (SSSR count). The summed E-state index contributed by atoms with van der Waals surface area (Å²) in [6, 6.07) is 18.1. The summed E-state index contributed by atoms with van der Waals surface area (Å²) in [6.07, 6.45) is 0.259. The van der Waals surface area contributed by atoms with Gasteiger partial charge in [-0.1, -0.05) is 42.5 Å². The summed E-state index contributed by atoms with van der Waals surface area (Å²) in [5.74, 6) is 0.853. The maximum Gasteiger partial charge on any atom is 0.118 e. The number of hydrogen-bond acceptors (Lipinski definition) is 4. The van der Waals surface area contributed by atoms with Crippen molar-refractivity contribution in [3.8, 4) is 5.75 Å². The topological polar surface area (TPSA) is 41.9 Å². The average Bonchev–Trinajstić information content (AvgIpc) is 2.61. The standard InChI is InChI=1S/C20H27NO3/c1-23-13-12-21(15-18-8-10-20(24-2)11-9-18)16-19(22)14-17-6-4-3-5-7-17/h3-11,19,22H,12-16H2,1-2H3. The van der Waals surface area contributed by atoms with Gasteiger partial charge >= 0.3 is 0 Å². The molecule has 1 unspecified atom stereocenters. The number of methoxy groups -OCH3 is 2. The van der Waals surface area contributed by atoms with Crippen LogP contribution in [0.4, 0.5) is 0 Å². The van der Waals surface area contributed by atoms with E-state index in [1.165, 1.54) is 5.56 Å². The summed E-state index contributed by atoms with van der Waals surface area (Å²) in [5.41, 5.74) is 2.35. The summed E-state index contributed by atoms with van der Waals surface area (Å²) < 4.78 is 10.4. The first kappa shape index (κ1) is 18.5. The van der Waals surface area contributed by atoms with Gasteiger partial charge in [0.25, 0.3) is 0 Å². The van der Waals surface area contributed by atoms with Gasteiger partial charge in [0.2, 0.25) is 0 Å². The van der Waals surface area contributed by atoms with Crippen molar-refractivity contribution in [2.45, 2.75) is 19.1 Å². The lowest BCUT2D eigenvalue weighted by atomic mass is 10.1. The molecule has 0 amide bonds. The molecule has 4 nitrogen and oxygen atoms in total. The van der Waals surface area contributed by atoms with Crippen LogP contribution in [0.25, 0.3) is 0 Å². The molecule has 130 valence electrons. The molecule has 0 saturated carbocycles. The molecule has 1 N–H and O–H groups in total. The Bertz CT molecular complexity index is 571. The van der Waals surface area contributed by atoms with Crippen LogP contribution >= 0.6 is 0 Å². The Morgan fingerprint density at radius 1 is 0.958 bits per heavy atom. The van der Waals surface area contributed by atoms with Crippen molar-refractivity contribution in [1.82, 2.24) is 4.90 Å². The maximum absolute atomic E-state index is 10.4. The maximum atomic E-state index is 10.4. The number of benzene rings is 2. The minimum Gasteiger partial charge on any atom is -0.497 e. The molecule has 0 fully saturated rings. The van der Waals surface area contributed by atoms with Gasteiger partial charge in [0.15, 0.2) is 0 Å². The largest absolute Gasteiger partial charge is 0.497 e. The van der Waals surface area contributed by atoms with Crippen molar-refractivity contribution in [3.63, 3.8) is 0 Å². The van der Waals surface area contributed by atoms with E-state index < -0.39 is 6.10 Å². The minimum absolute atomic E-state index is 0.400. The van der Waals surface area contributed by atoms with E-state index in [1.807, 2.05) is 42.5 Å². The van der Waals surface area contributed by atoms with Crippen molar-refractivity contribution in [2.75, 3.05) is 33.9 Å². The molecule has 4 heteroatoms. The first-order chi connectivity index (χ1) is 11.7. The number of rotatable bonds is 10. The van der Waals surface area contributed by atoms with Crippen molar-refractivity contribution < 1.29 is 14.6 Å². The molecule has 2 aromatic carbocycles. The van der Waals surface area contributed by atoms with Crippen LogP contribution in [0.5, 0.6) is 5.75 Å². The Labute approximate surface area is 144 Å². The molecule has 0 aliphatic heterocycles. The highest BCUT2D eigenvalue weighted by Crippen LogP contribution is 2.14. The van der Waals surface area contributed by atoms with Crippen LogP contribution in [0.3, 0.4) is 0 Å². The van der Waals surface area contributed by atoms with E-state index in [4.69, 9.17) is 9.47 Å². The molecule has 0 aromatic heterocycles.